The number of hydrogen-bond donors (Lipinski definition) is 1. The molecule has 0 atom stereocenters. The van der Waals surface area contributed by atoms with Crippen LogP contribution in [0.3, 0.4) is 0 Å². The van der Waals surface area contributed by atoms with E-state index >= 15 is 0 Å². The molecule has 1 aliphatic rings. The van der Waals surface area contributed by atoms with E-state index in [-0.39, 0.29) is 5.91 Å². The molecule has 2 heterocycles. The van der Waals surface area contributed by atoms with Crippen LogP contribution in [0.1, 0.15) is 23.2 Å². The third-order valence-electron chi connectivity index (χ3n) is 5.06. The third kappa shape index (κ3) is 4.74. The second-order valence-electron chi connectivity index (χ2n) is 7.07. The summed E-state index contributed by atoms with van der Waals surface area (Å²) in [6.45, 7) is 2.91. The average Bonchev–Trinajstić information content (AvgIpc) is 3.33. The number of carbonyl (C=O) groups is 1. The molecule has 29 heavy (non-hydrogen) atoms. The Morgan fingerprint density at radius 3 is 2.48 bits per heavy atom. The van der Waals surface area contributed by atoms with Crippen molar-refractivity contribution in [3.05, 3.63) is 78.5 Å². The summed E-state index contributed by atoms with van der Waals surface area (Å²) in [7, 11) is 0. The molecule has 1 N–H and O–H groups in total. The van der Waals surface area contributed by atoms with Crippen LogP contribution in [0.25, 0.3) is 11.1 Å². The number of pyridine rings is 1. The molecule has 1 aromatic heterocycles. The van der Waals surface area contributed by atoms with Gasteiger partial charge in [-0.05, 0) is 36.6 Å². The van der Waals surface area contributed by atoms with Crippen molar-refractivity contribution in [2.24, 2.45) is 0 Å². The Hall–Kier alpha value is -3.34. The summed E-state index contributed by atoms with van der Waals surface area (Å²) in [5.74, 6) is 1.62. The lowest BCUT2D eigenvalue weighted by Gasteiger charge is -2.16. The van der Waals surface area contributed by atoms with Crippen LogP contribution in [0.5, 0.6) is 5.75 Å². The van der Waals surface area contributed by atoms with Gasteiger partial charge in [0, 0.05) is 24.8 Å². The van der Waals surface area contributed by atoms with Crippen LogP contribution in [-0.2, 0) is 0 Å². The Morgan fingerprint density at radius 2 is 1.72 bits per heavy atom. The molecular formula is C24H25N3O2. The SMILES string of the molecule is O=C(NCCOc1ccccc1-c1ccccc1)c1ccc(N2CCCC2)nc1. The highest BCUT2D eigenvalue weighted by Crippen LogP contribution is 2.29. The number of ether oxygens (including phenoxy) is 1. The van der Waals surface area contributed by atoms with Crippen LogP contribution >= 0.6 is 0 Å². The van der Waals surface area contributed by atoms with Gasteiger partial charge < -0.3 is 15.0 Å². The van der Waals surface area contributed by atoms with E-state index in [0.717, 1.165) is 35.8 Å². The molecule has 5 heteroatoms. The number of nitrogens with one attached hydrogen (secondary N) is 1. The maximum Gasteiger partial charge on any atom is 0.252 e. The first-order chi connectivity index (χ1) is 14.3. The van der Waals surface area contributed by atoms with Crippen molar-refractivity contribution in [2.45, 2.75) is 12.8 Å². The van der Waals surface area contributed by atoms with Gasteiger partial charge in [-0.15, -0.1) is 0 Å². The highest BCUT2D eigenvalue weighted by Gasteiger charge is 2.14. The smallest absolute Gasteiger partial charge is 0.252 e. The minimum absolute atomic E-state index is 0.134. The fraction of sp³-hybridized carbons (Fsp3) is 0.250. The number of aromatic nitrogens is 1. The first kappa shape index (κ1) is 19.0. The molecule has 148 valence electrons. The van der Waals surface area contributed by atoms with Gasteiger partial charge >= 0.3 is 0 Å². The molecule has 1 aliphatic heterocycles. The molecular weight excluding hydrogens is 362 g/mol. The molecule has 0 aliphatic carbocycles. The van der Waals surface area contributed by atoms with E-state index in [4.69, 9.17) is 4.74 Å². The van der Waals surface area contributed by atoms with Crippen LogP contribution < -0.4 is 15.0 Å². The first-order valence-corrected chi connectivity index (χ1v) is 10.1. The maximum absolute atomic E-state index is 12.4. The number of hydrogen-bond acceptors (Lipinski definition) is 4. The van der Waals surface area contributed by atoms with Crippen LogP contribution in [0.15, 0.2) is 72.9 Å². The predicted octanol–water partition coefficient (Wildman–Crippen LogP) is 4.16. The number of anilines is 1. The number of rotatable bonds is 7. The second kappa shape index (κ2) is 9.24. The molecule has 1 fully saturated rings. The number of amides is 1. The first-order valence-electron chi connectivity index (χ1n) is 10.1. The van der Waals surface area contributed by atoms with E-state index in [1.807, 2.05) is 54.6 Å². The van der Waals surface area contributed by atoms with E-state index in [2.05, 4.69) is 27.3 Å². The number of nitrogens with zero attached hydrogens (tertiary/aromatic N) is 2. The van der Waals surface area contributed by atoms with Crippen LogP contribution in [0.4, 0.5) is 5.82 Å². The van der Waals surface area contributed by atoms with E-state index in [0.29, 0.717) is 18.7 Å². The largest absolute Gasteiger partial charge is 0.491 e. The van der Waals surface area contributed by atoms with Crippen molar-refractivity contribution in [3.63, 3.8) is 0 Å². The zero-order chi connectivity index (χ0) is 19.9. The fourth-order valence-electron chi connectivity index (χ4n) is 3.53. The number of para-hydroxylation sites is 1. The number of benzene rings is 2. The molecule has 0 bridgehead atoms. The van der Waals surface area contributed by atoms with Gasteiger partial charge in [0.05, 0.1) is 12.1 Å². The van der Waals surface area contributed by atoms with Crippen molar-refractivity contribution in [2.75, 3.05) is 31.1 Å². The Morgan fingerprint density at radius 1 is 0.966 bits per heavy atom. The van der Waals surface area contributed by atoms with Gasteiger partial charge in [0.15, 0.2) is 0 Å². The van der Waals surface area contributed by atoms with E-state index in [1.165, 1.54) is 12.8 Å². The summed E-state index contributed by atoms with van der Waals surface area (Å²) < 4.78 is 5.93. The predicted molar refractivity (Wildman–Crippen MR) is 115 cm³/mol. The molecule has 0 spiro atoms. The van der Waals surface area contributed by atoms with E-state index in [1.54, 1.807) is 6.20 Å². The molecule has 0 radical (unpaired) electrons. The summed E-state index contributed by atoms with van der Waals surface area (Å²) in [4.78, 5) is 19.0. The minimum atomic E-state index is -0.134. The van der Waals surface area contributed by atoms with Gasteiger partial charge in [0.1, 0.15) is 18.2 Å². The molecule has 0 saturated carbocycles. The topological polar surface area (TPSA) is 54.5 Å². The Labute approximate surface area is 171 Å². The van der Waals surface area contributed by atoms with Gasteiger partial charge in [-0.25, -0.2) is 4.98 Å². The normalized spacial score (nSPS) is 13.3. The van der Waals surface area contributed by atoms with Gasteiger partial charge in [0.25, 0.3) is 5.91 Å². The summed E-state index contributed by atoms with van der Waals surface area (Å²) in [6.07, 6.45) is 4.06. The van der Waals surface area contributed by atoms with Gasteiger partial charge in [-0.1, -0.05) is 48.5 Å². The highest BCUT2D eigenvalue weighted by atomic mass is 16.5. The Bertz CT molecular complexity index is 936. The van der Waals surface area contributed by atoms with Crippen molar-refractivity contribution in [1.82, 2.24) is 10.3 Å². The quantitative estimate of drug-likeness (QED) is 0.619. The minimum Gasteiger partial charge on any atom is -0.491 e. The second-order valence-corrected chi connectivity index (χ2v) is 7.07. The third-order valence-corrected chi connectivity index (χ3v) is 5.06. The monoisotopic (exact) mass is 387 g/mol. The zero-order valence-corrected chi connectivity index (χ0v) is 16.4. The lowest BCUT2D eigenvalue weighted by Crippen LogP contribution is -2.28. The Balaban J connectivity index is 1.29. The van der Waals surface area contributed by atoms with Crippen LogP contribution in [0.2, 0.25) is 0 Å². The van der Waals surface area contributed by atoms with E-state index < -0.39 is 0 Å². The zero-order valence-electron chi connectivity index (χ0n) is 16.4. The lowest BCUT2D eigenvalue weighted by atomic mass is 10.1. The molecule has 1 amide bonds. The van der Waals surface area contributed by atoms with Crippen LogP contribution in [-0.4, -0.2) is 37.1 Å². The number of carbonyl (C=O) groups excluding carboxylic acids is 1. The van der Waals surface area contributed by atoms with Crippen molar-refractivity contribution >= 4 is 11.7 Å². The van der Waals surface area contributed by atoms with Gasteiger partial charge in [-0.2, -0.15) is 0 Å². The van der Waals surface area contributed by atoms with Gasteiger partial charge in [-0.3, -0.25) is 4.79 Å². The van der Waals surface area contributed by atoms with E-state index in [9.17, 15) is 4.79 Å². The van der Waals surface area contributed by atoms with Crippen LogP contribution in [0, 0.1) is 0 Å². The summed E-state index contributed by atoms with van der Waals surface area (Å²) in [5.41, 5.74) is 2.72. The van der Waals surface area contributed by atoms with Crippen molar-refractivity contribution in [1.29, 1.82) is 0 Å². The molecule has 1 saturated heterocycles. The van der Waals surface area contributed by atoms with Crippen molar-refractivity contribution < 1.29 is 9.53 Å². The molecule has 5 nitrogen and oxygen atoms in total. The fourth-order valence-corrected chi connectivity index (χ4v) is 3.53. The van der Waals surface area contributed by atoms with Gasteiger partial charge in [0.2, 0.25) is 0 Å². The highest BCUT2D eigenvalue weighted by molar-refractivity contribution is 5.94. The maximum atomic E-state index is 12.4. The summed E-state index contributed by atoms with van der Waals surface area (Å²) >= 11 is 0. The average molecular weight is 387 g/mol. The molecule has 0 unspecified atom stereocenters. The Kier molecular flexibility index (Phi) is 6.05. The lowest BCUT2D eigenvalue weighted by molar-refractivity contribution is 0.0946. The molecule has 2 aromatic carbocycles. The standard InChI is InChI=1S/C24H25N3O2/c28-24(20-12-13-23(26-18-20)27-15-6-7-16-27)25-14-17-29-22-11-5-4-10-21(22)19-8-2-1-3-9-19/h1-5,8-13,18H,6-7,14-17H2,(H,25,28). The van der Waals surface area contributed by atoms with Crippen molar-refractivity contribution in [3.8, 4) is 16.9 Å². The molecule has 3 aromatic rings. The summed E-state index contributed by atoms with van der Waals surface area (Å²) in [6, 6.07) is 21.8. The summed E-state index contributed by atoms with van der Waals surface area (Å²) in [5, 5.41) is 2.90. The molecule has 4 rings (SSSR count).